The molecule has 170 valence electrons. The molecule has 4 heteroatoms. The number of allylic oxidation sites excluding steroid dienone is 8. The van der Waals surface area contributed by atoms with Crippen LogP contribution in [0.25, 0.3) is 11.6 Å². The van der Waals surface area contributed by atoms with Crippen LogP contribution in [0.2, 0.25) is 0 Å². The molecular weight excluding hydrogens is 428 g/mol. The molecule has 0 aromatic heterocycles. The molecular formula is C29H30O3S. The smallest absolute Gasteiger partial charge is 0.210 e. The zero-order valence-electron chi connectivity index (χ0n) is 20.1. The van der Waals surface area contributed by atoms with Crippen molar-refractivity contribution in [1.29, 1.82) is 0 Å². The Bertz CT molecular complexity index is 1480. The highest BCUT2D eigenvalue weighted by Gasteiger charge is 2.27. The number of benzene rings is 2. The second-order valence-electron chi connectivity index (χ2n) is 8.93. The fourth-order valence-electron chi connectivity index (χ4n) is 4.54. The predicted molar refractivity (Wildman–Crippen MR) is 135 cm³/mol. The van der Waals surface area contributed by atoms with Crippen LogP contribution in [0.1, 0.15) is 33.3 Å². The van der Waals surface area contributed by atoms with Gasteiger partial charge in [-0.05, 0) is 88.8 Å². The lowest BCUT2D eigenvalue weighted by Gasteiger charge is -2.17. The Hall–Kier alpha value is -3.11. The van der Waals surface area contributed by atoms with Crippen LogP contribution in [-0.4, -0.2) is 15.5 Å². The van der Waals surface area contributed by atoms with Gasteiger partial charge in [0.15, 0.2) is 0 Å². The fourth-order valence-corrected chi connectivity index (χ4v) is 6.21. The van der Waals surface area contributed by atoms with Gasteiger partial charge >= 0.3 is 0 Å². The van der Waals surface area contributed by atoms with E-state index in [1.165, 1.54) is 12.7 Å². The normalized spacial score (nSPS) is 15.8. The van der Waals surface area contributed by atoms with E-state index < -0.39 is 9.84 Å². The van der Waals surface area contributed by atoms with Gasteiger partial charge in [0.1, 0.15) is 10.6 Å². The van der Waals surface area contributed by atoms with Crippen LogP contribution in [0.4, 0.5) is 0 Å². The number of fused-ring (bicyclic) bond motifs is 2. The summed E-state index contributed by atoms with van der Waals surface area (Å²) in [5.74, 6) is 0.763. The van der Waals surface area contributed by atoms with Gasteiger partial charge in [-0.1, -0.05) is 62.4 Å². The van der Waals surface area contributed by atoms with Gasteiger partial charge in [-0.25, -0.2) is 8.42 Å². The molecule has 0 amide bonds. The monoisotopic (exact) mass is 458 g/mol. The molecule has 4 rings (SSSR count). The minimum atomic E-state index is -3.76. The molecule has 0 spiro atoms. The lowest BCUT2D eigenvalue weighted by atomic mass is 9.90. The standard InChI is InChI=1S/C29H30O3S/c1-18(2)22-14-12-20(4)28-25(16-22)19(3)13-15-24-21(5)29(27(32-6)17-26(24)28)33(30,31)23-10-8-7-9-11-23/h7-18H,1-6H3. The third kappa shape index (κ3) is 3.93. The van der Waals surface area contributed by atoms with Crippen molar-refractivity contribution in [3.63, 3.8) is 0 Å². The van der Waals surface area contributed by atoms with Crippen molar-refractivity contribution < 1.29 is 13.2 Å². The van der Waals surface area contributed by atoms with Crippen LogP contribution in [0.5, 0.6) is 5.75 Å². The van der Waals surface area contributed by atoms with Gasteiger partial charge in [-0.3, -0.25) is 0 Å². The minimum absolute atomic E-state index is 0.224. The van der Waals surface area contributed by atoms with E-state index in [1.54, 1.807) is 24.3 Å². The van der Waals surface area contributed by atoms with Gasteiger partial charge in [-0.2, -0.15) is 0 Å². The number of sulfone groups is 1. The Morgan fingerprint density at radius 3 is 2.18 bits per heavy atom. The van der Waals surface area contributed by atoms with E-state index in [0.29, 0.717) is 17.2 Å². The maximum Gasteiger partial charge on any atom is 0.210 e. The maximum atomic E-state index is 13.6. The van der Waals surface area contributed by atoms with Crippen LogP contribution in [0, 0.1) is 12.8 Å². The molecule has 2 aromatic rings. The van der Waals surface area contributed by atoms with E-state index in [9.17, 15) is 8.42 Å². The van der Waals surface area contributed by atoms with Gasteiger partial charge < -0.3 is 4.74 Å². The topological polar surface area (TPSA) is 43.4 Å². The van der Waals surface area contributed by atoms with Crippen LogP contribution < -0.4 is 15.2 Å². The highest BCUT2D eigenvalue weighted by Crippen LogP contribution is 2.34. The Morgan fingerprint density at radius 2 is 1.55 bits per heavy atom. The summed E-state index contributed by atoms with van der Waals surface area (Å²) < 4.78 is 33.0. The first-order valence-electron chi connectivity index (χ1n) is 11.2. The SMILES string of the molecule is COc1cc2c(c(C)c1S(=O)(=O)c1ccccc1)=CC=C(C)C1=CC(C(C)C)=CC=C(C)C=21. The van der Waals surface area contributed by atoms with Crippen LogP contribution in [-0.2, 0) is 9.84 Å². The summed E-state index contributed by atoms with van der Waals surface area (Å²) in [5.41, 5.74) is 6.53. The fraction of sp³-hybridized carbons (Fsp3) is 0.241. The molecule has 0 aliphatic heterocycles. The lowest BCUT2D eigenvalue weighted by Crippen LogP contribution is -2.32. The third-order valence-corrected chi connectivity index (χ3v) is 8.38. The number of ether oxygens (including phenoxy) is 1. The molecule has 0 N–H and O–H groups in total. The Balaban J connectivity index is 2.14. The molecule has 0 heterocycles. The molecule has 0 fully saturated rings. The number of rotatable bonds is 4. The lowest BCUT2D eigenvalue weighted by molar-refractivity contribution is 0.401. The first-order chi connectivity index (χ1) is 15.7. The third-order valence-electron chi connectivity index (χ3n) is 6.44. The van der Waals surface area contributed by atoms with Gasteiger partial charge in [-0.15, -0.1) is 0 Å². The van der Waals surface area contributed by atoms with Crippen molar-refractivity contribution >= 4 is 21.5 Å². The molecule has 0 saturated heterocycles. The highest BCUT2D eigenvalue weighted by atomic mass is 32.2. The summed E-state index contributed by atoms with van der Waals surface area (Å²) in [6.07, 6.45) is 10.7. The summed E-state index contributed by atoms with van der Waals surface area (Å²) in [7, 11) is -2.22. The Labute approximate surface area is 196 Å². The first kappa shape index (κ1) is 23.1. The van der Waals surface area contributed by atoms with Crippen molar-refractivity contribution in [1.82, 2.24) is 0 Å². The predicted octanol–water partition coefficient (Wildman–Crippen LogP) is 5.20. The molecule has 33 heavy (non-hydrogen) atoms. The van der Waals surface area contributed by atoms with Crippen molar-refractivity contribution in [2.24, 2.45) is 5.92 Å². The molecule has 0 radical (unpaired) electrons. The van der Waals surface area contributed by atoms with E-state index in [0.717, 1.165) is 32.7 Å². The van der Waals surface area contributed by atoms with Crippen LogP contribution in [0.3, 0.4) is 0 Å². The average Bonchev–Trinajstić information content (AvgIpc) is 3.05. The maximum absolute atomic E-state index is 13.6. The summed E-state index contributed by atoms with van der Waals surface area (Å²) in [6, 6.07) is 10.4. The van der Waals surface area contributed by atoms with Gasteiger partial charge in [0.2, 0.25) is 9.84 Å². The Kier molecular flexibility index (Phi) is 6.06. The Morgan fingerprint density at radius 1 is 0.879 bits per heavy atom. The quantitative estimate of drug-likeness (QED) is 0.633. The molecule has 0 unspecified atom stereocenters. The first-order valence-corrected chi connectivity index (χ1v) is 12.7. The second kappa shape index (κ2) is 8.68. The highest BCUT2D eigenvalue weighted by molar-refractivity contribution is 7.91. The van der Waals surface area contributed by atoms with E-state index in [2.05, 4.69) is 52.0 Å². The molecule has 0 bridgehead atoms. The molecule has 2 aliphatic rings. The zero-order valence-corrected chi connectivity index (χ0v) is 20.9. The molecule has 0 saturated carbocycles. The molecule has 2 aromatic carbocycles. The molecule has 3 nitrogen and oxygen atoms in total. The van der Waals surface area contributed by atoms with Gasteiger partial charge in [0, 0.05) is 0 Å². The average molecular weight is 459 g/mol. The zero-order chi connectivity index (χ0) is 23.9. The number of methoxy groups -OCH3 is 1. The molecule has 0 atom stereocenters. The summed E-state index contributed by atoms with van der Waals surface area (Å²) in [6.45, 7) is 10.5. The van der Waals surface area contributed by atoms with Crippen molar-refractivity contribution in [2.45, 2.75) is 44.4 Å². The number of hydrogen-bond donors (Lipinski definition) is 0. The van der Waals surface area contributed by atoms with Crippen LogP contribution in [0.15, 0.2) is 92.8 Å². The van der Waals surface area contributed by atoms with E-state index in [-0.39, 0.29) is 9.79 Å². The molecule has 2 aliphatic carbocycles. The summed E-state index contributed by atoms with van der Waals surface area (Å²) in [4.78, 5) is 0.484. The van der Waals surface area contributed by atoms with E-state index >= 15 is 0 Å². The largest absolute Gasteiger partial charge is 0.495 e. The van der Waals surface area contributed by atoms with Crippen molar-refractivity contribution in [3.05, 3.63) is 99.0 Å². The minimum Gasteiger partial charge on any atom is -0.495 e. The summed E-state index contributed by atoms with van der Waals surface area (Å²) in [5, 5.41) is 1.90. The van der Waals surface area contributed by atoms with E-state index in [1.807, 2.05) is 25.1 Å². The van der Waals surface area contributed by atoms with Crippen LogP contribution >= 0.6 is 0 Å². The van der Waals surface area contributed by atoms with Crippen molar-refractivity contribution in [3.8, 4) is 5.75 Å². The van der Waals surface area contributed by atoms with E-state index in [4.69, 9.17) is 4.74 Å². The summed E-state index contributed by atoms with van der Waals surface area (Å²) >= 11 is 0. The second-order valence-corrected chi connectivity index (χ2v) is 10.8. The van der Waals surface area contributed by atoms with Gasteiger partial charge in [0.25, 0.3) is 0 Å². The number of hydrogen-bond acceptors (Lipinski definition) is 3. The van der Waals surface area contributed by atoms with Crippen molar-refractivity contribution in [2.75, 3.05) is 7.11 Å². The van der Waals surface area contributed by atoms with Gasteiger partial charge in [0.05, 0.1) is 12.0 Å².